The number of thiocarbonyl (C=S) groups is 2. The Morgan fingerprint density at radius 2 is 1.57 bits per heavy atom. The molecule has 3 nitrogen and oxygen atoms in total. The number of amides is 1. The lowest BCUT2D eigenvalue weighted by Gasteiger charge is -2.26. The van der Waals surface area contributed by atoms with E-state index in [1.807, 2.05) is 35.2 Å². The molecule has 0 aliphatic heterocycles. The molecule has 0 atom stereocenters. The van der Waals surface area contributed by atoms with E-state index in [0.717, 1.165) is 18.7 Å². The van der Waals surface area contributed by atoms with Crippen LogP contribution in [0.4, 0.5) is 0 Å². The molecule has 23 heavy (non-hydrogen) atoms. The predicted molar refractivity (Wildman–Crippen MR) is 105 cm³/mol. The Morgan fingerprint density at radius 3 is 2.04 bits per heavy atom. The van der Waals surface area contributed by atoms with Crippen molar-refractivity contribution in [1.29, 1.82) is 0 Å². The van der Waals surface area contributed by atoms with Crippen molar-refractivity contribution in [3.05, 3.63) is 35.9 Å². The van der Waals surface area contributed by atoms with E-state index in [9.17, 15) is 4.79 Å². The van der Waals surface area contributed by atoms with Crippen LogP contribution in [0.1, 0.15) is 39.7 Å². The molecule has 0 bridgehead atoms. The second kappa shape index (κ2) is 9.73. The molecule has 0 saturated carbocycles. The fourth-order valence-electron chi connectivity index (χ4n) is 2.24. The lowest BCUT2D eigenvalue weighted by atomic mass is 10.1. The molecule has 0 aliphatic rings. The fraction of sp³-hybridized carbons (Fsp3) is 0.500. The summed E-state index contributed by atoms with van der Waals surface area (Å²) in [7, 11) is 0. The number of hydrogen-bond acceptors (Lipinski definition) is 3. The number of carbonyl (C=O) groups is 1. The minimum absolute atomic E-state index is 0.0563. The maximum absolute atomic E-state index is 12.5. The third-order valence-electron chi connectivity index (χ3n) is 3.12. The zero-order valence-electron chi connectivity index (χ0n) is 14.3. The average molecular weight is 351 g/mol. The molecule has 1 aromatic rings. The Morgan fingerprint density at radius 1 is 1.04 bits per heavy atom. The van der Waals surface area contributed by atoms with Crippen molar-refractivity contribution in [3.8, 4) is 0 Å². The molecule has 0 heterocycles. The monoisotopic (exact) mass is 350 g/mol. The van der Waals surface area contributed by atoms with Gasteiger partial charge in [0.05, 0.1) is 11.4 Å². The van der Waals surface area contributed by atoms with Gasteiger partial charge >= 0.3 is 0 Å². The van der Waals surface area contributed by atoms with E-state index in [4.69, 9.17) is 24.4 Å². The first-order valence-corrected chi connectivity index (χ1v) is 8.78. The van der Waals surface area contributed by atoms with E-state index < -0.39 is 0 Å². The molecule has 0 unspecified atom stereocenters. The zero-order valence-corrected chi connectivity index (χ0v) is 16.0. The van der Waals surface area contributed by atoms with Crippen molar-refractivity contribution in [2.75, 3.05) is 13.1 Å². The highest BCUT2D eigenvalue weighted by molar-refractivity contribution is 7.82. The first kappa shape index (κ1) is 19.7. The third kappa shape index (κ3) is 7.66. The van der Waals surface area contributed by atoms with Crippen LogP contribution in [0.15, 0.2) is 30.3 Å². The van der Waals surface area contributed by atoms with Gasteiger partial charge in [-0.25, -0.2) is 0 Å². The summed E-state index contributed by atoms with van der Waals surface area (Å²) in [5, 5.41) is 3.00. The van der Waals surface area contributed by atoms with Crippen molar-refractivity contribution in [1.82, 2.24) is 10.2 Å². The maximum atomic E-state index is 12.5. The Balaban J connectivity index is 2.60. The van der Waals surface area contributed by atoms with E-state index in [2.05, 4.69) is 33.0 Å². The summed E-state index contributed by atoms with van der Waals surface area (Å²) >= 11 is 10.6. The van der Waals surface area contributed by atoms with E-state index in [-0.39, 0.29) is 12.3 Å². The van der Waals surface area contributed by atoms with Gasteiger partial charge in [-0.2, -0.15) is 0 Å². The van der Waals surface area contributed by atoms with E-state index in [0.29, 0.717) is 21.8 Å². The predicted octanol–water partition coefficient (Wildman–Crippen LogP) is 3.81. The van der Waals surface area contributed by atoms with Crippen molar-refractivity contribution >= 4 is 40.3 Å². The van der Waals surface area contributed by atoms with E-state index in [1.165, 1.54) is 0 Å². The van der Waals surface area contributed by atoms with Crippen molar-refractivity contribution in [2.24, 2.45) is 11.8 Å². The molecule has 0 spiro atoms. The van der Waals surface area contributed by atoms with Crippen LogP contribution in [0, 0.1) is 11.8 Å². The van der Waals surface area contributed by atoms with Crippen molar-refractivity contribution in [3.63, 3.8) is 0 Å². The van der Waals surface area contributed by atoms with Crippen LogP contribution < -0.4 is 5.32 Å². The van der Waals surface area contributed by atoms with Crippen LogP contribution in [0.3, 0.4) is 0 Å². The second-order valence-electron chi connectivity index (χ2n) is 6.51. The van der Waals surface area contributed by atoms with Gasteiger partial charge in [0.15, 0.2) is 0 Å². The zero-order chi connectivity index (χ0) is 17.4. The van der Waals surface area contributed by atoms with Crippen LogP contribution in [0.25, 0.3) is 0 Å². The molecule has 0 aromatic heterocycles. The number of carbonyl (C=O) groups excluding carboxylic acids is 1. The Kier molecular flexibility index (Phi) is 8.34. The first-order chi connectivity index (χ1) is 10.8. The fourth-order valence-corrected chi connectivity index (χ4v) is 2.79. The number of hydrogen-bond donors (Lipinski definition) is 1. The SMILES string of the molecule is CC(C)CN(CC(C)C)C(=O)CC(=S)NC(=S)c1ccccc1. The molecular weight excluding hydrogens is 324 g/mol. The van der Waals surface area contributed by atoms with Crippen molar-refractivity contribution in [2.45, 2.75) is 34.1 Å². The summed E-state index contributed by atoms with van der Waals surface area (Å²) < 4.78 is 0. The van der Waals surface area contributed by atoms with Crippen LogP contribution >= 0.6 is 24.4 Å². The molecule has 126 valence electrons. The summed E-state index contributed by atoms with van der Waals surface area (Å²) in [6, 6.07) is 9.62. The molecule has 1 rings (SSSR count). The average Bonchev–Trinajstić information content (AvgIpc) is 2.46. The number of benzene rings is 1. The second-order valence-corrected chi connectivity index (χ2v) is 7.41. The summed E-state index contributed by atoms with van der Waals surface area (Å²) in [6.07, 6.45) is 0.196. The van der Waals surface area contributed by atoms with Gasteiger partial charge in [-0.15, -0.1) is 0 Å². The summed E-state index contributed by atoms with van der Waals surface area (Å²) in [6.45, 7) is 9.96. The van der Waals surface area contributed by atoms with Crippen LogP contribution in [-0.4, -0.2) is 33.9 Å². The van der Waals surface area contributed by atoms with E-state index >= 15 is 0 Å². The van der Waals surface area contributed by atoms with E-state index in [1.54, 1.807) is 0 Å². The van der Waals surface area contributed by atoms with Crippen molar-refractivity contribution < 1.29 is 4.79 Å². The van der Waals surface area contributed by atoms with Crippen LogP contribution in [0.5, 0.6) is 0 Å². The normalized spacial score (nSPS) is 10.7. The molecule has 5 heteroatoms. The van der Waals surface area contributed by atoms with Gasteiger partial charge in [0.1, 0.15) is 4.99 Å². The highest BCUT2D eigenvalue weighted by atomic mass is 32.1. The summed E-state index contributed by atoms with van der Waals surface area (Å²) in [5.41, 5.74) is 0.901. The number of nitrogens with zero attached hydrogens (tertiary/aromatic N) is 1. The van der Waals surface area contributed by atoms with Crippen LogP contribution in [0.2, 0.25) is 0 Å². The Labute approximate surface area is 150 Å². The van der Waals surface area contributed by atoms with Gasteiger partial charge in [-0.1, -0.05) is 82.5 Å². The lowest BCUT2D eigenvalue weighted by Crippen LogP contribution is -2.40. The summed E-state index contributed by atoms with van der Waals surface area (Å²) in [4.78, 5) is 15.4. The highest BCUT2D eigenvalue weighted by Crippen LogP contribution is 2.07. The van der Waals surface area contributed by atoms with Gasteiger partial charge in [0.25, 0.3) is 0 Å². The topological polar surface area (TPSA) is 32.3 Å². The summed E-state index contributed by atoms with van der Waals surface area (Å²) in [5.74, 6) is 0.926. The lowest BCUT2D eigenvalue weighted by molar-refractivity contribution is -0.130. The maximum Gasteiger partial charge on any atom is 0.229 e. The molecule has 0 radical (unpaired) electrons. The van der Waals surface area contributed by atoms with Gasteiger partial charge in [-0.05, 0) is 11.8 Å². The molecular formula is C18H26N2OS2. The Bertz CT molecular complexity index is 531. The molecule has 0 fully saturated rings. The molecule has 1 aromatic carbocycles. The smallest absolute Gasteiger partial charge is 0.229 e. The molecule has 0 saturated heterocycles. The number of rotatable bonds is 7. The molecule has 0 aliphatic carbocycles. The standard InChI is InChI=1S/C18H26N2OS2/c1-13(2)11-20(12-14(3)4)17(21)10-16(22)19-18(23)15-8-6-5-7-9-15/h5-9,13-14H,10-12H2,1-4H3,(H,19,22,23). The minimum Gasteiger partial charge on any atom is -0.342 e. The number of nitrogens with one attached hydrogen (secondary N) is 1. The van der Waals surface area contributed by atoms with Crippen LogP contribution in [-0.2, 0) is 4.79 Å². The van der Waals surface area contributed by atoms with Gasteiger partial charge in [-0.3, -0.25) is 4.79 Å². The largest absolute Gasteiger partial charge is 0.342 e. The quantitative estimate of drug-likeness (QED) is 0.758. The van der Waals surface area contributed by atoms with Gasteiger partial charge in [0.2, 0.25) is 5.91 Å². The minimum atomic E-state index is 0.0563. The molecule has 1 amide bonds. The molecule has 1 N–H and O–H groups in total. The highest BCUT2D eigenvalue weighted by Gasteiger charge is 2.18. The third-order valence-corrected chi connectivity index (χ3v) is 3.71. The Hall–Kier alpha value is -1.33. The van der Waals surface area contributed by atoms with Gasteiger partial charge < -0.3 is 10.2 Å². The first-order valence-electron chi connectivity index (χ1n) is 7.96. The van der Waals surface area contributed by atoms with Gasteiger partial charge in [0, 0.05) is 18.7 Å².